The summed E-state index contributed by atoms with van der Waals surface area (Å²) in [6.07, 6.45) is 2.91. The Balaban J connectivity index is 1.30. The molecule has 12 heteroatoms. The van der Waals surface area contributed by atoms with Crippen LogP contribution in [0.5, 0.6) is 0 Å². The van der Waals surface area contributed by atoms with Crippen molar-refractivity contribution in [3.05, 3.63) is 83.5 Å². The van der Waals surface area contributed by atoms with E-state index < -0.39 is 17.6 Å². The number of nitrogens with zero attached hydrogens (tertiary/aromatic N) is 4. The van der Waals surface area contributed by atoms with Crippen LogP contribution in [-0.4, -0.2) is 40.1 Å². The maximum Gasteiger partial charge on any atom is 0.416 e. The zero-order chi connectivity index (χ0) is 28.3. The van der Waals surface area contributed by atoms with Crippen LogP contribution in [0.15, 0.2) is 78.0 Å². The van der Waals surface area contributed by atoms with Gasteiger partial charge in [0.2, 0.25) is 0 Å². The lowest BCUT2D eigenvalue weighted by atomic mass is 9.97. The van der Waals surface area contributed by atoms with Gasteiger partial charge in [-0.1, -0.05) is 0 Å². The molecule has 208 valence electrons. The van der Waals surface area contributed by atoms with Gasteiger partial charge in [0.25, 0.3) is 11.9 Å². The van der Waals surface area contributed by atoms with E-state index in [1.807, 2.05) is 24.8 Å². The minimum Gasteiger partial charge on any atom is -0.379 e. The number of rotatable bonds is 7. The molecule has 0 bridgehead atoms. The second kappa shape index (κ2) is 11.3. The van der Waals surface area contributed by atoms with E-state index >= 15 is 0 Å². The van der Waals surface area contributed by atoms with E-state index in [0.717, 1.165) is 23.3 Å². The van der Waals surface area contributed by atoms with Gasteiger partial charge in [-0.05, 0) is 74.7 Å². The molecule has 1 atom stereocenters. The number of aromatic nitrogens is 3. The Labute approximate surface area is 229 Å². The summed E-state index contributed by atoms with van der Waals surface area (Å²) in [5.41, 5.74) is 5.09. The third kappa shape index (κ3) is 6.40. The van der Waals surface area contributed by atoms with E-state index in [0.29, 0.717) is 48.8 Å². The first kappa shape index (κ1) is 27.1. The molecule has 0 saturated carbocycles. The molecular formula is C28H28F3N7O2. The first-order valence-corrected chi connectivity index (χ1v) is 12.7. The summed E-state index contributed by atoms with van der Waals surface area (Å²) < 4.78 is 40.9. The molecule has 1 saturated heterocycles. The van der Waals surface area contributed by atoms with Crippen LogP contribution in [0.2, 0.25) is 0 Å². The smallest absolute Gasteiger partial charge is 0.379 e. The standard InChI is InChI=1S/C28H28F3N7O2/c1-17-5-6-19(10-25(17)40-37-27-33-9-7-24(36-27)20-4-3-8-32-14-20)26(39)35-22-11-21(28(29,30)31)12-23(13-22)38-15-18(2)34-16-38/h3-4,7-14,18,34H,5-6,15-16H2,1-2H3,(H,35,39)(H,33,36,37). The van der Waals surface area contributed by atoms with Gasteiger partial charge < -0.3 is 15.1 Å². The number of amides is 1. The topological polar surface area (TPSA) is 104 Å². The fourth-order valence-corrected chi connectivity index (χ4v) is 4.44. The van der Waals surface area contributed by atoms with Gasteiger partial charge in [-0.25, -0.2) is 9.97 Å². The van der Waals surface area contributed by atoms with Gasteiger partial charge >= 0.3 is 6.18 Å². The molecular weight excluding hydrogens is 523 g/mol. The minimum absolute atomic E-state index is 0.0720. The molecule has 1 fully saturated rings. The van der Waals surface area contributed by atoms with E-state index in [1.165, 1.54) is 0 Å². The number of halogens is 3. The molecule has 1 aliphatic carbocycles. The maximum absolute atomic E-state index is 13.6. The molecule has 3 aromatic rings. The largest absolute Gasteiger partial charge is 0.416 e. The van der Waals surface area contributed by atoms with Crippen molar-refractivity contribution in [2.45, 2.75) is 38.9 Å². The van der Waals surface area contributed by atoms with Crippen LogP contribution in [0.1, 0.15) is 32.3 Å². The predicted molar refractivity (Wildman–Crippen MR) is 145 cm³/mol. The number of hydrogen-bond donors (Lipinski definition) is 3. The Bertz CT molecular complexity index is 1460. The molecule has 9 nitrogen and oxygen atoms in total. The van der Waals surface area contributed by atoms with E-state index in [1.54, 1.807) is 42.9 Å². The zero-order valence-corrected chi connectivity index (χ0v) is 21.9. The highest BCUT2D eigenvalue weighted by molar-refractivity contribution is 6.04. The molecule has 1 aromatic carbocycles. The monoisotopic (exact) mass is 551 g/mol. The van der Waals surface area contributed by atoms with Gasteiger partial charge in [-0.2, -0.15) is 18.7 Å². The van der Waals surface area contributed by atoms with E-state index in [-0.39, 0.29) is 17.7 Å². The van der Waals surface area contributed by atoms with Crippen molar-refractivity contribution in [2.24, 2.45) is 0 Å². The summed E-state index contributed by atoms with van der Waals surface area (Å²) in [6, 6.07) is 9.17. The highest BCUT2D eigenvalue weighted by atomic mass is 19.4. The van der Waals surface area contributed by atoms with Crippen molar-refractivity contribution >= 4 is 23.2 Å². The Morgan fingerprint density at radius 2 is 2.02 bits per heavy atom. The molecule has 0 radical (unpaired) electrons. The van der Waals surface area contributed by atoms with E-state index in [2.05, 4.69) is 31.1 Å². The lowest BCUT2D eigenvalue weighted by Gasteiger charge is -2.21. The molecule has 1 aliphatic heterocycles. The number of nitrogens with one attached hydrogen (secondary N) is 3. The minimum atomic E-state index is -4.55. The molecule has 3 N–H and O–H groups in total. The van der Waals surface area contributed by atoms with Crippen LogP contribution in [0, 0.1) is 0 Å². The third-order valence-corrected chi connectivity index (χ3v) is 6.65. The predicted octanol–water partition coefficient (Wildman–Crippen LogP) is 5.29. The van der Waals surface area contributed by atoms with Crippen LogP contribution in [0.25, 0.3) is 11.3 Å². The Kier molecular flexibility index (Phi) is 7.69. The normalized spacial score (nSPS) is 17.5. The van der Waals surface area contributed by atoms with Crippen molar-refractivity contribution in [1.29, 1.82) is 0 Å². The molecule has 1 unspecified atom stereocenters. The van der Waals surface area contributed by atoms with Crippen molar-refractivity contribution in [2.75, 3.05) is 28.9 Å². The van der Waals surface area contributed by atoms with Crippen molar-refractivity contribution in [3.63, 3.8) is 0 Å². The average Bonchev–Trinajstić information content (AvgIpc) is 3.39. The Morgan fingerprint density at radius 3 is 2.75 bits per heavy atom. The van der Waals surface area contributed by atoms with Gasteiger partial charge in [0.15, 0.2) is 5.76 Å². The zero-order valence-electron chi connectivity index (χ0n) is 21.9. The fraction of sp³-hybridized carbons (Fsp3) is 0.286. The molecule has 2 aromatic heterocycles. The van der Waals surface area contributed by atoms with E-state index in [4.69, 9.17) is 4.84 Å². The Hall–Kier alpha value is -4.45. The van der Waals surface area contributed by atoms with Crippen LogP contribution < -0.4 is 21.0 Å². The van der Waals surface area contributed by atoms with Crippen LogP contribution in [0.3, 0.4) is 0 Å². The Morgan fingerprint density at radius 1 is 1.18 bits per heavy atom. The molecule has 5 rings (SSSR count). The number of benzene rings is 1. The quantitative estimate of drug-likeness (QED) is 0.341. The summed E-state index contributed by atoms with van der Waals surface area (Å²) in [5, 5.41) is 5.84. The summed E-state index contributed by atoms with van der Waals surface area (Å²) in [4.78, 5) is 33.4. The van der Waals surface area contributed by atoms with Crippen LogP contribution in [-0.2, 0) is 15.8 Å². The second-order valence-electron chi connectivity index (χ2n) is 9.73. The number of carbonyl (C=O) groups excluding carboxylic acids is 1. The number of hydrogen-bond acceptors (Lipinski definition) is 8. The number of carbonyl (C=O) groups is 1. The van der Waals surface area contributed by atoms with Gasteiger partial charge in [0, 0.05) is 53.7 Å². The first-order valence-electron chi connectivity index (χ1n) is 12.7. The van der Waals surface area contributed by atoms with Gasteiger partial charge in [-0.3, -0.25) is 15.1 Å². The van der Waals surface area contributed by atoms with Crippen molar-refractivity contribution < 1.29 is 22.8 Å². The number of allylic oxidation sites excluding steroid dienone is 2. The summed E-state index contributed by atoms with van der Waals surface area (Å²) in [6.45, 7) is 4.82. The lowest BCUT2D eigenvalue weighted by molar-refractivity contribution is -0.137. The average molecular weight is 552 g/mol. The second-order valence-corrected chi connectivity index (χ2v) is 9.73. The van der Waals surface area contributed by atoms with E-state index in [9.17, 15) is 18.0 Å². The molecule has 1 amide bonds. The van der Waals surface area contributed by atoms with Gasteiger partial charge in [0.05, 0.1) is 17.9 Å². The number of anilines is 3. The SMILES string of the molecule is CC1=C(ONc2nccc(-c3cccnc3)n2)C=C(C(=O)Nc2cc(N3CNC(C)C3)cc(C(F)(F)F)c2)CC1. The van der Waals surface area contributed by atoms with Crippen molar-refractivity contribution in [1.82, 2.24) is 20.3 Å². The summed E-state index contributed by atoms with van der Waals surface area (Å²) in [7, 11) is 0. The summed E-state index contributed by atoms with van der Waals surface area (Å²) >= 11 is 0. The summed E-state index contributed by atoms with van der Waals surface area (Å²) in [5.74, 6) is 0.129. The molecule has 3 heterocycles. The number of alkyl halides is 3. The van der Waals surface area contributed by atoms with Crippen LogP contribution >= 0.6 is 0 Å². The highest BCUT2D eigenvalue weighted by Gasteiger charge is 2.32. The molecule has 0 spiro atoms. The highest BCUT2D eigenvalue weighted by Crippen LogP contribution is 2.35. The number of pyridine rings is 1. The van der Waals surface area contributed by atoms with Gasteiger partial charge in [-0.15, -0.1) is 0 Å². The van der Waals surface area contributed by atoms with Crippen LogP contribution in [0.4, 0.5) is 30.5 Å². The fourth-order valence-electron chi connectivity index (χ4n) is 4.44. The first-order chi connectivity index (χ1) is 19.2. The third-order valence-electron chi connectivity index (χ3n) is 6.65. The van der Waals surface area contributed by atoms with Crippen molar-refractivity contribution in [3.8, 4) is 11.3 Å². The molecule has 40 heavy (non-hydrogen) atoms. The van der Waals surface area contributed by atoms with Gasteiger partial charge in [0.1, 0.15) is 0 Å². The lowest BCUT2D eigenvalue weighted by Crippen LogP contribution is -2.23. The maximum atomic E-state index is 13.6. The molecule has 2 aliphatic rings.